The van der Waals surface area contributed by atoms with E-state index in [1.807, 2.05) is 11.4 Å². The van der Waals surface area contributed by atoms with Crippen LogP contribution in [0, 0.1) is 13.8 Å². The predicted molar refractivity (Wildman–Crippen MR) is 119 cm³/mol. The Balaban J connectivity index is 1.95. The summed E-state index contributed by atoms with van der Waals surface area (Å²) in [6.07, 6.45) is 1.74. The first-order valence-corrected chi connectivity index (χ1v) is 11.5. The first-order valence-electron chi connectivity index (χ1n) is 10.6. The SMILES string of the molecule is CCOC(=O)c1c(C)c(C(=O)C(C)N(CC2CCCO2)C(=O)c2cccs2)c(C)n1C. The van der Waals surface area contributed by atoms with Crippen molar-refractivity contribution in [1.29, 1.82) is 0 Å². The smallest absolute Gasteiger partial charge is 0.355 e. The van der Waals surface area contributed by atoms with Crippen LogP contribution in [0.2, 0.25) is 0 Å². The van der Waals surface area contributed by atoms with E-state index >= 15 is 0 Å². The molecule has 1 amide bonds. The molecule has 0 saturated carbocycles. The van der Waals surface area contributed by atoms with Crippen LogP contribution in [0.4, 0.5) is 0 Å². The van der Waals surface area contributed by atoms with Gasteiger partial charge < -0.3 is 18.9 Å². The van der Waals surface area contributed by atoms with Crippen molar-refractivity contribution in [1.82, 2.24) is 9.47 Å². The molecule has 168 valence electrons. The Bertz CT molecular complexity index is 957. The van der Waals surface area contributed by atoms with E-state index in [1.54, 1.807) is 50.3 Å². The molecular weight excluding hydrogens is 416 g/mol. The molecular formula is C23H30N2O5S. The van der Waals surface area contributed by atoms with Gasteiger partial charge in [-0.05, 0) is 57.5 Å². The second kappa shape index (κ2) is 9.78. The maximum absolute atomic E-state index is 13.6. The third-order valence-electron chi connectivity index (χ3n) is 5.91. The van der Waals surface area contributed by atoms with Crippen LogP contribution in [0.3, 0.4) is 0 Å². The van der Waals surface area contributed by atoms with Crippen molar-refractivity contribution < 1.29 is 23.9 Å². The van der Waals surface area contributed by atoms with Crippen molar-refractivity contribution in [2.75, 3.05) is 19.8 Å². The molecule has 0 aromatic carbocycles. The normalized spacial score (nSPS) is 16.9. The highest BCUT2D eigenvalue weighted by molar-refractivity contribution is 7.12. The number of rotatable bonds is 8. The van der Waals surface area contributed by atoms with Crippen LogP contribution in [-0.4, -0.2) is 59.0 Å². The fourth-order valence-electron chi connectivity index (χ4n) is 4.15. The number of nitrogens with zero attached hydrogens (tertiary/aromatic N) is 2. The summed E-state index contributed by atoms with van der Waals surface area (Å²) in [5.41, 5.74) is 2.09. The summed E-state index contributed by atoms with van der Waals surface area (Å²) in [4.78, 5) is 41.5. The largest absolute Gasteiger partial charge is 0.461 e. The Kier molecular flexibility index (Phi) is 7.33. The average Bonchev–Trinajstić information content (AvgIpc) is 3.48. The minimum Gasteiger partial charge on any atom is -0.461 e. The Hall–Kier alpha value is -2.45. The number of aromatic nitrogens is 1. The summed E-state index contributed by atoms with van der Waals surface area (Å²) in [5.74, 6) is -0.824. The van der Waals surface area contributed by atoms with Crippen molar-refractivity contribution >= 4 is 29.0 Å². The van der Waals surface area contributed by atoms with Gasteiger partial charge in [0.05, 0.1) is 23.6 Å². The molecule has 0 N–H and O–H groups in total. The van der Waals surface area contributed by atoms with Crippen LogP contribution in [0.5, 0.6) is 0 Å². The van der Waals surface area contributed by atoms with E-state index in [4.69, 9.17) is 9.47 Å². The molecule has 1 aliphatic heterocycles. The number of ether oxygens (including phenoxy) is 2. The van der Waals surface area contributed by atoms with E-state index in [0.717, 1.165) is 12.8 Å². The zero-order valence-corrected chi connectivity index (χ0v) is 19.6. The number of hydrogen-bond acceptors (Lipinski definition) is 6. The maximum atomic E-state index is 13.6. The third kappa shape index (κ3) is 4.60. The summed E-state index contributed by atoms with van der Waals surface area (Å²) in [6.45, 7) is 8.35. The van der Waals surface area contributed by atoms with Gasteiger partial charge in [-0.25, -0.2) is 4.79 Å². The molecule has 1 fully saturated rings. The van der Waals surface area contributed by atoms with Gasteiger partial charge in [0, 0.05) is 31.5 Å². The quantitative estimate of drug-likeness (QED) is 0.456. The second-order valence-corrected chi connectivity index (χ2v) is 8.77. The van der Waals surface area contributed by atoms with E-state index in [1.165, 1.54) is 11.3 Å². The molecule has 3 heterocycles. The number of ketones is 1. The molecule has 2 aromatic heterocycles. The van der Waals surface area contributed by atoms with Gasteiger partial charge in [-0.2, -0.15) is 0 Å². The first kappa shape index (κ1) is 23.2. The van der Waals surface area contributed by atoms with Gasteiger partial charge in [0.2, 0.25) is 0 Å². The molecule has 1 saturated heterocycles. The number of carbonyl (C=O) groups is 3. The van der Waals surface area contributed by atoms with E-state index in [0.29, 0.717) is 40.5 Å². The maximum Gasteiger partial charge on any atom is 0.355 e. The van der Waals surface area contributed by atoms with Crippen LogP contribution >= 0.6 is 11.3 Å². The standard InChI is InChI=1S/C23H30N2O5S/c1-6-29-23(28)20-14(2)19(15(3)24(20)5)21(26)16(4)25(13-17-9-7-11-30-17)22(27)18-10-8-12-31-18/h8,10,12,16-17H,6-7,9,11,13H2,1-5H3. The van der Waals surface area contributed by atoms with E-state index < -0.39 is 12.0 Å². The van der Waals surface area contributed by atoms with Gasteiger partial charge in [-0.15, -0.1) is 11.3 Å². The van der Waals surface area contributed by atoms with E-state index in [9.17, 15) is 14.4 Å². The van der Waals surface area contributed by atoms with Crippen molar-refractivity contribution in [2.24, 2.45) is 7.05 Å². The molecule has 0 spiro atoms. The van der Waals surface area contributed by atoms with E-state index in [-0.39, 0.29) is 24.4 Å². The highest BCUT2D eigenvalue weighted by Crippen LogP contribution is 2.26. The van der Waals surface area contributed by atoms with Crippen LogP contribution in [0.15, 0.2) is 17.5 Å². The van der Waals surface area contributed by atoms with Crippen LogP contribution < -0.4 is 0 Å². The Morgan fingerprint density at radius 1 is 1.35 bits per heavy atom. The zero-order valence-electron chi connectivity index (χ0n) is 18.8. The van der Waals surface area contributed by atoms with Gasteiger partial charge in [0.25, 0.3) is 5.91 Å². The predicted octanol–water partition coefficient (Wildman–Crippen LogP) is 3.77. The molecule has 0 bridgehead atoms. The number of esters is 1. The first-order chi connectivity index (χ1) is 14.8. The monoisotopic (exact) mass is 446 g/mol. The molecule has 8 heteroatoms. The van der Waals surface area contributed by atoms with Gasteiger partial charge in [0.15, 0.2) is 5.78 Å². The lowest BCUT2D eigenvalue weighted by Crippen LogP contribution is -2.47. The summed E-state index contributed by atoms with van der Waals surface area (Å²) in [6, 6.07) is 2.89. The lowest BCUT2D eigenvalue weighted by Gasteiger charge is -2.30. The molecule has 31 heavy (non-hydrogen) atoms. The molecule has 2 unspecified atom stereocenters. The Morgan fingerprint density at radius 2 is 2.10 bits per heavy atom. The highest BCUT2D eigenvalue weighted by atomic mass is 32.1. The van der Waals surface area contributed by atoms with E-state index in [2.05, 4.69) is 0 Å². The fourth-order valence-corrected chi connectivity index (χ4v) is 4.83. The molecule has 0 radical (unpaired) electrons. The molecule has 7 nitrogen and oxygen atoms in total. The lowest BCUT2D eigenvalue weighted by atomic mass is 9.99. The number of hydrogen-bond donors (Lipinski definition) is 0. The fraction of sp³-hybridized carbons (Fsp3) is 0.522. The molecule has 3 rings (SSSR count). The minimum atomic E-state index is -0.700. The van der Waals surface area contributed by atoms with Gasteiger partial charge in [0.1, 0.15) is 5.69 Å². The number of carbonyl (C=O) groups excluding carboxylic acids is 3. The van der Waals surface area contributed by atoms with Gasteiger partial charge in [-0.1, -0.05) is 6.07 Å². The number of Topliss-reactive ketones (excluding diaryl/α,β-unsaturated/α-hetero) is 1. The topological polar surface area (TPSA) is 77.8 Å². The van der Waals surface area contributed by atoms with Crippen molar-refractivity contribution in [3.8, 4) is 0 Å². The van der Waals surface area contributed by atoms with Crippen molar-refractivity contribution in [3.05, 3.63) is 44.9 Å². The van der Waals surface area contributed by atoms with Gasteiger partial charge >= 0.3 is 5.97 Å². The summed E-state index contributed by atoms with van der Waals surface area (Å²) in [5, 5.41) is 1.85. The van der Waals surface area contributed by atoms with Crippen LogP contribution in [-0.2, 0) is 16.5 Å². The average molecular weight is 447 g/mol. The third-order valence-corrected chi connectivity index (χ3v) is 6.77. The summed E-state index contributed by atoms with van der Waals surface area (Å²) >= 11 is 1.36. The highest BCUT2D eigenvalue weighted by Gasteiger charge is 2.35. The molecule has 2 atom stereocenters. The van der Waals surface area contributed by atoms with Crippen molar-refractivity contribution in [3.63, 3.8) is 0 Å². The van der Waals surface area contributed by atoms with Crippen LogP contribution in [0.1, 0.15) is 68.5 Å². The number of thiophene rings is 1. The molecule has 2 aromatic rings. The van der Waals surface area contributed by atoms with Gasteiger partial charge in [-0.3, -0.25) is 9.59 Å². The second-order valence-electron chi connectivity index (χ2n) is 7.82. The summed E-state index contributed by atoms with van der Waals surface area (Å²) < 4.78 is 12.6. The Morgan fingerprint density at radius 3 is 2.68 bits per heavy atom. The van der Waals surface area contributed by atoms with Crippen molar-refractivity contribution in [2.45, 2.75) is 52.7 Å². The lowest BCUT2D eigenvalue weighted by molar-refractivity contribution is 0.0413. The Labute approximate surface area is 186 Å². The van der Waals surface area contributed by atoms with Crippen LogP contribution in [0.25, 0.3) is 0 Å². The molecule has 0 aliphatic carbocycles. The summed E-state index contributed by atoms with van der Waals surface area (Å²) in [7, 11) is 1.75. The zero-order chi connectivity index (χ0) is 22.7. The number of amides is 1. The molecule has 1 aliphatic rings. The minimum absolute atomic E-state index is 0.0766.